The van der Waals surface area contributed by atoms with Gasteiger partial charge in [-0.2, -0.15) is 0 Å². The highest BCUT2D eigenvalue weighted by atomic mass is 16.7. The lowest BCUT2D eigenvalue weighted by atomic mass is 9.92. The summed E-state index contributed by atoms with van der Waals surface area (Å²) in [5.41, 5.74) is 0.544. The van der Waals surface area contributed by atoms with Gasteiger partial charge in [-0.3, -0.25) is 9.59 Å². The SMILES string of the molecule is Cn1ccc(C(=O)NC2CC23CCN(CCC2OCCO2)CC3)cc1=O. The molecule has 7 heteroatoms. The van der Waals surface area contributed by atoms with E-state index in [4.69, 9.17) is 9.47 Å². The summed E-state index contributed by atoms with van der Waals surface area (Å²) in [6.07, 6.45) is 5.80. The van der Waals surface area contributed by atoms with E-state index in [-0.39, 0.29) is 29.2 Å². The van der Waals surface area contributed by atoms with Crippen molar-refractivity contribution in [1.29, 1.82) is 0 Å². The van der Waals surface area contributed by atoms with Gasteiger partial charge in [-0.1, -0.05) is 0 Å². The smallest absolute Gasteiger partial charge is 0.251 e. The fourth-order valence-electron chi connectivity index (χ4n) is 4.12. The summed E-state index contributed by atoms with van der Waals surface area (Å²) in [5.74, 6) is -0.137. The first kappa shape index (κ1) is 17.7. The van der Waals surface area contributed by atoms with Gasteiger partial charge in [-0.05, 0) is 43.8 Å². The summed E-state index contributed by atoms with van der Waals surface area (Å²) in [4.78, 5) is 26.6. The minimum Gasteiger partial charge on any atom is -0.350 e. The van der Waals surface area contributed by atoms with Crippen LogP contribution in [0.3, 0.4) is 0 Å². The molecule has 1 amide bonds. The Bertz CT molecular complexity index is 718. The zero-order valence-corrected chi connectivity index (χ0v) is 15.3. The monoisotopic (exact) mass is 361 g/mol. The van der Waals surface area contributed by atoms with Gasteiger partial charge in [0.15, 0.2) is 6.29 Å². The second kappa shape index (κ2) is 7.13. The number of nitrogens with one attached hydrogen (secondary N) is 1. The number of ether oxygens (including phenoxy) is 2. The van der Waals surface area contributed by atoms with Crippen LogP contribution >= 0.6 is 0 Å². The second-order valence-corrected chi connectivity index (χ2v) is 7.76. The number of amides is 1. The van der Waals surface area contributed by atoms with Crippen molar-refractivity contribution < 1.29 is 14.3 Å². The van der Waals surface area contributed by atoms with Gasteiger partial charge in [-0.15, -0.1) is 0 Å². The van der Waals surface area contributed by atoms with Crippen LogP contribution in [-0.2, 0) is 16.5 Å². The molecule has 0 bridgehead atoms. The number of hydrogen-bond donors (Lipinski definition) is 1. The van der Waals surface area contributed by atoms with Crippen LogP contribution in [0.1, 0.15) is 36.0 Å². The van der Waals surface area contributed by atoms with Crippen LogP contribution < -0.4 is 10.9 Å². The van der Waals surface area contributed by atoms with Crippen LogP contribution in [0.25, 0.3) is 0 Å². The molecule has 4 rings (SSSR count). The molecular formula is C19H27N3O4. The summed E-state index contributed by atoms with van der Waals surface area (Å²) < 4.78 is 12.5. The van der Waals surface area contributed by atoms with E-state index >= 15 is 0 Å². The number of aryl methyl sites for hydroxylation is 1. The molecular weight excluding hydrogens is 334 g/mol. The summed E-state index contributed by atoms with van der Waals surface area (Å²) in [5, 5.41) is 3.12. The summed E-state index contributed by atoms with van der Waals surface area (Å²) in [6.45, 7) is 4.55. The minimum absolute atomic E-state index is 0.0302. The molecule has 3 fully saturated rings. The molecule has 1 unspecified atom stereocenters. The summed E-state index contributed by atoms with van der Waals surface area (Å²) in [6, 6.07) is 3.34. The third kappa shape index (κ3) is 3.70. The van der Waals surface area contributed by atoms with E-state index in [1.54, 1.807) is 19.3 Å². The Kier molecular flexibility index (Phi) is 4.86. The van der Waals surface area contributed by atoms with Crippen molar-refractivity contribution in [2.45, 2.75) is 38.0 Å². The standard InChI is InChI=1S/C19H27N3O4/c1-21-6-2-14(12-16(21)23)18(24)20-15-13-19(15)4-8-22(9-5-19)7-3-17-25-10-11-26-17/h2,6,12,15,17H,3-5,7-11,13H2,1H3,(H,20,24). The van der Waals surface area contributed by atoms with Crippen molar-refractivity contribution in [1.82, 2.24) is 14.8 Å². The molecule has 1 atom stereocenters. The molecule has 1 aromatic heterocycles. The number of rotatable bonds is 5. The van der Waals surface area contributed by atoms with Crippen molar-refractivity contribution in [3.8, 4) is 0 Å². The van der Waals surface area contributed by atoms with E-state index in [9.17, 15) is 9.59 Å². The van der Waals surface area contributed by atoms with Gasteiger partial charge in [0.05, 0.1) is 13.2 Å². The van der Waals surface area contributed by atoms with Crippen molar-refractivity contribution in [2.75, 3.05) is 32.8 Å². The zero-order chi connectivity index (χ0) is 18.1. The molecule has 2 saturated heterocycles. The first-order valence-electron chi connectivity index (χ1n) is 9.49. The molecule has 1 saturated carbocycles. The lowest BCUT2D eigenvalue weighted by Gasteiger charge is -2.33. The van der Waals surface area contributed by atoms with Crippen molar-refractivity contribution in [3.63, 3.8) is 0 Å². The summed E-state index contributed by atoms with van der Waals surface area (Å²) >= 11 is 0. The van der Waals surface area contributed by atoms with Gasteiger partial charge in [0.25, 0.3) is 11.5 Å². The predicted octanol–water partition coefficient (Wildman–Crippen LogP) is 0.733. The molecule has 1 spiro atoms. The highest BCUT2D eigenvalue weighted by Crippen LogP contribution is 2.53. The molecule has 1 aliphatic carbocycles. The quantitative estimate of drug-likeness (QED) is 0.837. The van der Waals surface area contributed by atoms with E-state index in [1.165, 1.54) is 10.6 Å². The maximum absolute atomic E-state index is 12.4. The van der Waals surface area contributed by atoms with Gasteiger partial charge in [0, 0.05) is 43.9 Å². The van der Waals surface area contributed by atoms with Gasteiger partial charge in [-0.25, -0.2) is 0 Å². The molecule has 3 heterocycles. The molecule has 2 aliphatic heterocycles. The maximum atomic E-state index is 12.4. The molecule has 3 aliphatic rings. The van der Waals surface area contributed by atoms with Gasteiger partial charge in [0.2, 0.25) is 0 Å². The third-order valence-electron chi connectivity index (χ3n) is 6.09. The lowest BCUT2D eigenvalue weighted by Crippen LogP contribution is -2.40. The number of hydrogen-bond acceptors (Lipinski definition) is 5. The van der Waals surface area contributed by atoms with E-state index in [0.717, 1.165) is 45.3 Å². The number of carbonyl (C=O) groups excluding carboxylic acids is 1. The van der Waals surface area contributed by atoms with Crippen LogP contribution in [0.15, 0.2) is 23.1 Å². The number of likely N-dealkylation sites (tertiary alicyclic amines) is 1. The highest BCUT2D eigenvalue weighted by Gasteiger charge is 2.55. The molecule has 0 aromatic carbocycles. The van der Waals surface area contributed by atoms with Crippen molar-refractivity contribution in [3.05, 3.63) is 34.2 Å². The van der Waals surface area contributed by atoms with Gasteiger partial charge < -0.3 is 24.3 Å². The van der Waals surface area contributed by atoms with Crippen LogP contribution in [0, 0.1) is 5.41 Å². The number of carbonyl (C=O) groups is 1. The van der Waals surface area contributed by atoms with E-state index in [1.807, 2.05) is 0 Å². The second-order valence-electron chi connectivity index (χ2n) is 7.76. The van der Waals surface area contributed by atoms with Crippen LogP contribution in [0.2, 0.25) is 0 Å². The first-order chi connectivity index (χ1) is 12.6. The number of aromatic nitrogens is 1. The first-order valence-corrected chi connectivity index (χ1v) is 9.49. The van der Waals surface area contributed by atoms with Gasteiger partial charge in [0.1, 0.15) is 0 Å². The Hall–Kier alpha value is -1.70. The van der Waals surface area contributed by atoms with Crippen LogP contribution in [0.5, 0.6) is 0 Å². The Labute approximate surface area is 153 Å². The number of nitrogens with zero attached hydrogens (tertiary/aromatic N) is 2. The lowest BCUT2D eigenvalue weighted by molar-refractivity contribution is -0.0529. The van der Waals surface area contributed by atoms with Crippen molar-refractivity contribution >= 4 is 5.91 Å². The van der Waals surface area contributed by atoms with E-state index in [2.05, 4.69) is 10.2 Å². The third-order valence-corrected chi connectivity index (χ3v) is 6.09. The fraction of sp³-hybridized carbons (Fsp3) is 0.684. The summed E-state index contributed by atoms with van der Waals surface area (Å²) in [7, 11) is 1.68. The van der Waals surface area contributed by atoms with Crippen molar-refractivity contribution in [2.24, 2.45) is 12.5 Å². The largest absolute Gasteiger partial charge is 0.350 e. The van der Waals surface area contributed by atoms with Crippen LogP contribution in [0.4, 0.5) is 0 Å². The normalized spacial score (nSPS) is 25.5. The van der Waals surface area contributed by atoms with E-state index in [0.29, 0.717) is 18.8 Å². The van der Waals surface area contributed by atoms with Crippen LogP contribution in [-0.4, -0.2) is 60.6 Å². The minimum atomic E-state index is -0.160. The Morgan fingerprint density at radius 3 is 2.73 bits per heavy atom. The number of piperidine rings is 1. The molecule has 26 heavy (non-hydrogen) atoms. The molecule has 1 N–H and O–H groups in total. The molecule has 0 radical (unpaired) electrons. The highest BCUT2D eigenvalue weighted by molar-refractivity contribution is 5.94. The predicted molar refractivity (Wildman–Crippen MR) is 96.0 cm³/mol. The zero-order valence-electron chi connectivity index (χ0n) is 15.3. The molecule has 1 aromatic rings. The average molecular weight is 361 g/mol. The topological polar surface area (TPSA) is 72.8 Å². The molecule has 142 valence electrons. The fourth-order valence-corrected chi connectivity index (χ4v) is 4.12. The molecule has 7 nitrogen and oxygen atoms in total. The van der Waals surface area contributed by atoms with Gasteiger partial charge >= 0.3 is 0 Å². The maximum Gasteiger partial charge on any atom is 0.251 e. The Morgan fingerprint density at radius 1 is 1.31 bits per heavy atom. The number of pyridine rings is 1. The van der Waals surface area contributed by atoms with E-state index < -0.39 is 0 Å². The Morgan fingerprint density at radius 2 is 2.04 bits per heavy atom. The average Bonchev–Trinajstić information content (AvgIpc) is 3.05. The Balaban J connectivity index is 1.24.